The van der Waals surface area contributed by atoms with Crippen LogP contribution in [0.4, 0.5) is 0 Å². The maximum atomic E-state index is 5.74. The predicted molar refractivity (Wildman–Crippen MR) is 137 cm³/mol. The van der Waals surface area contributed by atoms with Crippen LogP contribution in [0.2, 0.25) is 0 Å². The zero-order chi connectivity index (χ0) is 19.8. The van der Waals surface area contributed by atoms with Crippen LogP contribution in [-0.4, -0.2) is 6.61 Å². The van der Waals surface area contributed by atoms with E-state index in [4.69, 9.17) is 4.74 Å². The van der Waals surface area contributed by atoms with E-state index in [1.54, 1.807) is 0 Å². The molecule has 1 aliphatic heterocycles. The van der Waals surface area contributed by atoms with E-state index in [1.165, 1.54) is 61.3 Å². The number of aryl methyl sites for hydroxylation is 2. The molecule has 0 fully saturated rings. The first kappa shape index (κ1) is 17.8. The molecule has 1 aliphatic carbocycles. The van der Waals surface area contributed by atoms with Gasteiger partial charge in [0.25, 0.3) is 0 Å². The molecule has 1 nitrogen and oxygen atoms in total. The fraction of sp³-hybridized carbons (Fsp3) is 0.154. The lowest BCUT2D eigenvalue weighted by molar-refractivity contribution is 0.356. The summed E-state index contributed by atoms with van der Waals surface area (Å²) in [5.41, 5.74) is 8.53. The summed E-state index contributed by atoms with van der Waals surface area (Å²) in [5.74, 6) is 1.09. The molecule has 5 aromatic rings. The third kappa shape index (κ3) is 2.57. The minimum absolute atomic E-state index is 0.832. The highest BCUT2D eigenvalue weighted by Gasteiger charge is 2.28. The second kappa shape index (κ2) is 6.55. The maximum Gasteiger partial charge on any atom is 0.122 e. The van der Waals surface area contributed by atoms with Crippen LogP contribution in [-0.2, 0) is 19.3 Å². The van der Waals surface area contributed by atoms with Crippen molar-refractivity contribution in [2.75, 3.05) is 6.61 Å². The van der Waals surface area contributed by atoms with Crippen LogP contribution < -0.4 is 4.74 Å². The summed E-state index contributed by atoms with van der Waals surface area (Å²) in [6, 6.07) is 20.7. The highest BCUT2D eigenvalue weighted by atomic mass is 127. The molecule has 0 radical (unpaired) electrons. The number of fused-ring (bicyclic) bond motifs is 9. The van der Waals surface area contributed by atoms with Crippen LogP contribution in [0.1, 0.15) is 16.0 Å². The summed E-state index contributed by atoms with van der Waals surface area (Å²) < 4.78 is 10.0. The van der Waals surface area contributed by atoms with Crippen LogP contribution in [0, 0.1) is 2.88 Å². The van der Waals surface area contributed by atoms with Crippen molar-refractivity contribution in [2.24, 2.45) is 0 Å². The Bertz CT molecular complexity index is 1490. The molecule has 0 spiro atoms. The van der Waals surface area contributed by atoms with E-state index >= 15 is 0 Å². The van der Waals surface area contributed by atoms with Crippen LogP contribution in [0.3, 0.4) is 0 Å². The van der Waals surface area contributed by atoms with E-state index < -0.39 is 0 Å². The Morgan fingerprint density at radius 1 is 0.800 bits per heavy atom. The van der Waals surface area contributed by atoms with Crippen LogP contribution >= 0.6 is 45.3 Å². The molecule has 0 atom stereocenters. The van der Waals surface area contributed by atoms with Crippen molar-refractivity contribution in [1.29, 1.82) is 0 Å². The molecule has 0 amide bonds. The minimum Gasteiger partial charge on any atom is -0.493 e. The summed E-state index contributed by atoms with van der Waals surface area (Å²) in [6.07, 6.45) is 3.20. The van der Waals surface area contributed by atoms with Crippen molar-refractivity contribution in [1.82, 2.24) is 0 Å². The summed E-state index contributed by atoms with van der Waals surface area (Å²) >= 11 is 6.33. The Balaban J connectivity index is 1.23. The normalized spacial score (nSPS) is 13.8. The van der Waals surface area contributed by atoms with Gasteiger partial charge in [0.15, 0.2) is 0 Å². The fourth-order valence-electron chi connectivity index (χ4n) is 4.87. The SMILES string of the molecule is Ic1cc2ccc3c(c2s1)-c1ccc2cc(CCc4ccc5c(c4)OCC5)sc2c1-3. The van der Waals surface area contributed by atoms with Gasteiger partial charge in [0.2, 0.25) is 0 Å². The van der Waals surface area contributed by atoms with Gasteiger partial charge in [-0.1, -0.05) is 36.4 Å². The Labute approximate surface area is 196 Å². The monoisotopic (exact) mass is 536 g/mol. The fourth-order valence-corrected chi connectivity index (χ4v) is 8.04. The van der Waals surface area contributed by atoms with Gasteiger partial charge in [0, 0.05) is 31.8 Å². The molecular weight excluding hydrogens is 519 g/mol. The van der Waals surface area contributed by atoms with Gasteiger partial charge in [-0.15, -0.1) is 22.7 Å². The first-order valence-electron chi connectivity index (χ1n) is 10.3. The van der Waals surface area contributed by atoms with E-state index in [0.29, 0.717) is 0 Å². The van der Waals surface area contributed by atoms with E-state index in [0.717, 1.165) is 31.6 Å². The minimum atomic E-state index is 0.832. The van der Waals surface area contributed by atoms with E-state index in [2.05, 4.69) is 77.2 Å². The van der Waals surface area contributed by atoms with Gasteiger partial charge in [-0.05, 0) is 86.7 Å². The van der Waals surface area contributed by atoms with Crippen molar-refractivity contribution in [3.8, 4) is 28.0 Å². The van der Waals surface area contributed by atoms with E-state index in [1.807, 2.05) is 22.7 Å². The van der Waals surface area contributed by atoms with E-state index in [-0.39, 0.29) is 0 Å². The van der Waals surface area contributed by atoms with Crippen LogP contribution in [0.5, 0.6) is 5.75 Å². The number of ether oxygens (including phenoxy) is 1. The van der Waals surface area contributed by atoms with Crippen molar-refractivity contribution in [2.45, 2.75) is 19.3 Å². The Morgan fingerprint density at radius 3 is 2.40 bits per heavy atom. The lowest BCUT2D eigenvalue weighted by Gasteiger charge is -2.25. The average molecular weight is 536 g/mol. The summed E-state index contributed by atoms with van der Waals surface area (Å²) in [5, 5.41) is 2.76. The van der Waals surface area contributed by atoms with Gasteiger partial charge in [-0.3, -0.25) is 0 Å². The van der Waals surface area contributed by atoms with Crippen molar-refractivity contribution in [3.63, 3.8) is 0 Å². The number of benzene rings is 3. The first-order valence-corrected chi connectivity index (χ1v) is 13.0. The zero-order valence-electron chi connectivity index (χ0n) is 16.1. The molecule has 3 aromatic carbocycles. The predicted octanol–water partition coefficient (Wildman–Crippen LogP) is 8.09. The third-order valence-corrected chi connectivity index (χ3v) is 9.51. The van der Waals surface area contributed by atoms with Gasteiger partial charge in [0.1, 0.15) is 5.75 Å². The van der Waals surface area contributed by atoms with Gasteiger partial charge in [0.05, 0.1) is 9.49 Å². The van der Waals surface area contributed by atoms with Crippen molar-refractivity contribution in [3.05, 3.63) is 73.5 Å². The highest BCUT2D eigenvalue weighted by Crippen LogP contribution is 2.56. The standard InChI is InChI=1S/C26H17IOS2/c27-22-13-17-5-8-20-23-19(24(20)26(17)30-22)7-4-16-12-18(29-25(16)23)6-2-14-1-3-15-9-10-28-21(15)11-14/h1,3-5,7-8,11-13H,2,6,9-10H2. The zero-order valence-corrected chi connectivity index (χ0v) is 19.9. The molecule has 30 heavy (non-hydrogen) atoms. The average Bonchev–Trinajstić information content (AvgIpc) is 3.44. The maximum absolute atomic E-state index is 5.74. The molecule has 0 unspecified atom stereocenters. The molecule has 0 saturated carbocycles. The number of rotatable bonds is 3. The number of hydrogen-bond acceptors (Lipinski definition) is 3. The van der Waals surface area contributed by atoms with Gasteiger partial charge >= 0.3 is 0 Å². The van der Waals surface area contributed by atoms with Crippen LogP contribution in [0.25, 0.3) is 42.4 Å². The van der Waals surface area contributed by atoms with Gasteiger partial charge < -0.3 is 4.74 Å². The van der Waals surface area contributed by atoms with Gasteiger partial charge in [-0.2, -0.15) is 0 Å². The smallest absolute Gasteiger partial charge is 0.122 e. The largest absolute Gasteiger partial charge is 0.493 e. The summed E-state index contributed by atoms with van der Waals surface area (Å²) in [4.78, 5) is 1.47. The molecular formula is C26H17IOS2. The molecule has 3 heterocycles. The second-order valence-electron chi connectivity index (χ2n) is 8.12. The van der Waals surface area contributed by atoms with Crippen molar-refractivity contribution >= 4 is 65.4 Å². The number of halogens is 1. The summed E-state index contributed by atoms with van der Waals surface area (Å²) in [6.45, 7) is 0.832. The molecule has 0 bridgehead atoms. The lowest BCUT2D eigenvalue weighted by Crippen LogP contribution is -1.98. The molecule has 2 aliphatic rings. The summed E-state index contributed by atoms with van der Waals surface area (Å²) in [7, 11) is 0. The Kier molecular flexibility index (Phi) is 3.88. The molecule has 2 aromatic heterocycles. The van der Waals surface area contributed by atoms with Gasteiger partial charge in [-0.25, -0.2) is 0 Å². The molecule has 0 saturated heterocycles. The number of hydrogen-bond donors (Lipinski definition) is 0. The molecule has 0 N–H and O–H groups in total. The topological polar surface area (TPSA) is 9.23 Å². The quantitative estimate of drug-likeness (QED) is 0.208. The second-order valence-corrected chi connectivity index (χ2v) is 12.2. The number of thiophene rings is 2. The Hall–Kier alpha value is -1.89. The lowest BCUT2D eigenvalue weighted by atomic mass is 9.79. The molecule has 146 valence electrons. The van der Waals surface area contributed by atoms with Crippen molar-refractivity contribution < 1.29 is 4.74 Å². The molecule has 7 rings (SSSR count). The highest BCUT2D eigenvalue weighted by molar-refractivity contribution is 14.1. The third-order valence-electron chi connectivity index (χ3n) is 6.35. The Morgan fingerprint density at radius 2 is 1.57 bits per heavy atom. The molecule has 4 heteroatoms. The van der Waals surface area contributed by atoms with E-state index in [9.17, 15) is 0 Å². The van der Waals surface area contributed by atoms with Crippen LogP contribution in [0.15, 0.2) is 54.6 Å². The first-order chi connectivity index (χ1) is 14.7.